The molecular formula is C20H24N2O. The zero-order chi connectivity index (χ0) is 16.8. The van der Waals surface area contributed by atoms with Gasteiger partial charge in [0.25, 0.3) is 0 Å². The van der Waals surface area contributed by atoms with Crippen LogP contribution in [0.4, 0.5) is 11.4 Å². The fourth-order valence-electron chi connectivity index (χ4n) is 2.36. The molecule has 2 aromatic carbocycles. The molecule has 3 aromatic rings. The Balaban J connectivity index is 0.000000924. The van der Waals surface area contributed by atoms with E-state index >= 15 is 0 Å². The number of ether oxygens (including phenoxy) is 1. The first-order valence-corrected chi connectivity index (χ1v) is 7.95. The van der Waals surface area contributed by atoms with E-state index in [4.69, 9.17) is 4.74 Å². The number of nitrogens with one attached hydrogen (secondary N) is 1. The van der Waals surface area contributed by atoms with Crippen molar-refractivity contribution in [2.45, 2.75) is 27.7 Å². The predicted octanol–water partition coefficient (Wildman–Crippen LogP) is 5.63. The van der Waals surface area contributed by atoms with Crippen LogP contribution in [0.1, 0.15) is 25.1 Å². The summed E-state index contributed by atoms with van der Waals surface area (Å²) in [6.45, 7) is 8.09. The summed E-state index contributed by atoms with van der Waals surface area (Å²) in [6, 6.07) is 16.3. The maximum Gasteiger partial charge on any atom is 0.119 e. The minimum Gasteiger partial charge on any atom is -0.497 e. The number of anilines is 2. The first-order valence-electron chi connectivity index (χ1n) is 7.95. The molecule has 1 N–H and O–H groups in total. The summed E-state index contributed by atoms with van der Waals surface area (Å²) in [6.07, 6.45) is 0. The van der Waals surface area contributed by atoms with E-state index in [1.807, 2.05) is 39.0 Å². The van der Waals surface area contributed by atoms with Crippen molar-refractivity contribution in [3.63, 3.8) is 0 Å². The van der Waals surface area contributed by atoms with Gasteiger partial charge in [0.15, 0.2) is 0 Å². The van der Waals surface area contributed by atoms with Gasteiger partial charge in [0.1, 0.15) is 5.75 Å². The Bertz CT molecular complexity index is 779. The van der Waals surface area contributed by atoms with Crippen LogP contribution in [0.15, 0.2) is 48.5 Å². The lowest BCUT2D eigenvalue weighted by Crippen LogP contribution is -1.95. The maximum absolute atomic E-state index is 5.32. The molecule has 3 rings (SSSR count). The topological polar surface area (TPSA) is 34.1 Å². The first kappa shape index (κ1) is 16.8. The number of hydrogen-bond acceptors (Lipinski definition) is 3. The number of pyridine rings is 1. The van der Waals surface area contributed by atoms with Gasteiger partial charge in [0.05, 0.1) is 12.6 Å². The minimum absolute atomic E-state index is 0.833. The van der Waals surface area contributed by atoms with E-state index in [0.717, 1.165) is 33.7 Å². The average Bonchev–Trinajstić information content (AvgIpc) is 2.58. The van der Waals surface area contributed by atoms with Gasteiger partial charge < -0.3 is 10.1 Å². The van der Waals surface area contributed by atoms with Crippen LogP contribution in [0.2, 0.25) is 0 Å². The molecule has 0 aliphatic heterocycles. The van der Waals surface area contributed by atoms with Crippen LogP contribution < -0.4 is 10.1 Å². The van der Waals surface area contributed by atoms with Crippen LogP contribution in [0.25, 0.3) is 10.9 Å². The second-order valence-corrected chi connectivity index (χ2v) is 5.19. The molecule has 1 aromatic heterocycles. The highest BCUT2D eigenvalue weighted by Gasteiger charge is 2.06. The first-order chi connectivity index (χ1) is 11.2. The van der Waals surface area contributed by atoms with E-state index in [2.05, 4.69) is 47.6 Å². The Morgan fingerprint density at radius 1 is 0.913 bits per heavy atom. The normalized spacial score (nSPS) is 9.96. The predicted molar refractivity (Wildman–Crippen MR) is 98.8 cm³/mol. The zero-order valence-electron chi connectivity index (χ0n) is 14.5. The largest absolute Gasteiger partial charge is 0.497 e. The van der Waals surface area contributed by atoms with Crippen LogP contribution in [-0.2, 0) is 0 Å². The van der Waals surface area contributed by atoms with Gasteiger partial charge in [0.2, 0.25) is 0 Å². The molecule has 0 saturated carbocycles. The molecule has 120 valence electrons. The number of aromatic nitrogens is 1. The van der Waals surface area contributed by atoms with Gasteiger partial charge in [-0.25, -0.2) is 0 Å². The smallest absolute Gasteiger partial charge is 0.119 e. The molecular weight excluding hydrogens is 284 g/mol. The highest BCUT2D eigenvalue weighted by Crippen LogP contribution is 2.29. The van der Waals surface area contributed by atoms with Crippen LogP contribution in [0.5, 0.6) is 5.75 Å². The third-order valence-corrected chi connectivity index (χ3v) is 3.47. The van der Waals surface area contributed by atoms with E-state index in [1.54, 1.807) is 7.11 Å². The number of aryl methyl sites for hydroxylation is 2. The van der Waals surface area contributed by atoms with Crippen LogP contribution in [-0.4, -0.2) is 12.1 Å². The molecule has 0 aliphatic rings. The van der Waals surface area contributed by atoms with E-state index in [-0.39, 0.29) is 0 Å². The van der Waals surface area contributed by atoms with Crippen molar-refractivity contribution in [2.24, 2.45) is 0 Å². The quantitative estimate of drug-likeness (QED) is 0.681. The van der Waals surface area contributed by atoms with Gasteiger partial charge in [0, 0.05) is 22.5 Å². The van der Waals surface area contributed by atoms with Gasteiger partial charge in [-0.1, -0.05) is 31.5 Å². The summed E-state index contributed by atoms with van der Waals surface area (Å²) in [5.41, 5.74) is 5.31. The van der Waals surface area contributed by atoms with Crippen molar-refractivity contribution in [3.8, 4) is 5.75 Å². The highest BCUT2D eigenvalue weighted by atomic mass is 16.5. The van der Waals surface area contributed by atoms with E-state index in [9.17, 15) is 0 Å². The lowest BCUT2D eigenvalue weighted by atomic mass is 10.1. The number of rotatable bonds is 3. The second kappa shape index (κ2) is 7.63. The molecule has 0 atom stereocenters. The average molecular weight is 308 g/mol. The van der Waals surface area contributed by atoms with Crippen molar-refractivity contribution >= 4 is 22.3 Å². The molecule has 0 radical (unpaired) electrons. The Kier molecular flexibility index (Phi) is 5.58. The van der Waals surface area contributed by atoms with Crippen molar-refractivity contribution in [1.29, 1.82) is 0 Å². The Labute approximate surface area is 138 Å². The molecule has 1 heterocycles. The molecule has 0 bridgehead atoms. The monoisotopic (exact) mass is 308 g/mol. The number of hydrogen-bond donors (Lipinski definition) is 1. The molecule has 3 heteroatoms. The molecule has 23 heavy (non-hydrogen) atoms. The number of nitrogens with zero attached hydrogens (tertiary/aromatic N) is 1. The van der Waals surface area contributed by atoms with Crippen molar-refractivity contribution < 1.29 is 4.74 Å². The van der Waals surface area contributed by atoms with Crippen LogP contribution >= 0.6 is 0 Å². The summed E-state index contributed by atoms with van der Waals surface area (Å²) in [4.78, 5) is 4.57. The fourth-order valence-corrected chi connectivity index (χ4v) is 2.36. The molecule has 0 amide bonds. The summed E-state index contributed by atoms with van der Waals surface area (Å²) in [5.74, 6) is 0.833. The van der Waals surface area contributed by atoms with Crippen molar-refractivity contribution in [1.82, 2.24) is 4.98 Å². The van der Waals surface area contributed by atoms with Crippen molar-refractivity contribution in [3.05, 3.63) is 59.8 Å². The minimum atomic E-state index is 0.833. The Hall–Kier alpha value is -2.55. The van der Waals surface area contributed by atoms with E-state index in [1.165, 1.54) is 5.56 Å². The van der Waals surface area contributed by atoms with Gasteiger partial charge in [-0.05, 0) is 50.2 Å². The third kappa shape index (κ3) is 4.01. The molecule has 0 unspecified atom stereocenters. The molecule has 0 spiro atoms. The summed E-state index contributed by atoms with van der Waals surface area (Å²) in [7, 11) is 1.68. The highest BCUT2D eigenvalue weighted by molar-refractivity contribution is 5.94. The summed E-state index contributed by atoms with van der Waals surface area (Å²) in [5, 5.41) is 4.53. The van der Waals surface area contributed by atoms with E-state index in [0.29, 0.717) is 0 Å². The van der Waals surface area contributed by atoms with Gasteiger partial charge in [-0.15, -0.1) is 0 Å². The number of methoxy groups -OCH3 is 1. The molecule has 0 fully saturated rings. The standard InChI is InChI=1S/C18H18N2O.C2H6/c1-12-4-6-14(7-5-12)20-18-10-13(2)19-17-9-8-15(21-3)11-16(17)18;1-2/h4-11H,1-3H3,(H,19,20);1-2H3. The van der Waals surface area contributed by atoms with Crippen molar-refractivity contribution in [2.75, 3.05) is 12.4 Å². The summed E-state index contributed by atoms with van der Waals surface area (Å²) < 4.78 is 5.32. The Morgan fingerprint density at radius 2 is 1.61 bits per heavy atom. The van der Waals surface area contributed by atoms with Gasteiger partial charge in [-0.3, -0.25) is 4.98 Å². The molecule has 0 aliphatic carbocycles. The van der Waals surface area contributed by atoms with Gasteiger partial charge >= 0.3 is 0 Å². The maximum atomic E-state index is 5.32. The SMILES string of the molecule is CC.COc1ccc2nc(C)cc(Nc3ccc(C)cc3)c2c1. The van der Waals surface area contributed by atoms with E-state index < -0.39 is 0 Å². The summed E-state index contributed by atoms with van der Waals surface area (Å²) >= 11 is 0. The number of fused-ring (bicyclic) bond motifs is 1. The lowest BCUT2D eigenvalue weighted by Gasteiger charge is -2.12. The van der Waals surface area contributed by atoms with Gasteiger partial charge in [-0.2, -0.15) is 0 Å². The zero-order valence-corrected chi connectivity index (χ0v) is 14.5. The molecule has 0 saturated heterocycles. The lowest BCUT2D eigenvalue weighted by molar-refractivity contribution is 0.415. The van der Waals surface area contributed by atoms with Crippen LogP contribution in [0.3, 0.4) is 0 Å². The third-order valence-electron chi connectivity index (χ3n) is 3.47. The Morgan fingerprint density at radius 3 is 2.26 bits per heavy atom. The second-order valence-electron chi connectivity index (χ2n) is 5.19. The van der Waals surface area contributed by atoms with Crippen LogP contribution in [0, 0.1) is 13.8 Å². The fraction of sp³-hybridized carbons (Fsp3) is 0.250. The number of benzene rings is 2. The molecule has 3 nitrogen and oxygen atoms in total.